The summed E-state index contributed by atoms with van der Waals surface area (Å²) < 4.78 is 0. The third kappa shape index (κ3) is 2.31. The third-order valence-corrected chi connectivity index (χ3v) is 2.87. The van der Waals surface area contributed by atoms with Crippen LogP contribution < -0.4 is 0 Å². The molecule has 0 aliphatic heterocycles. The van der Waals surface area contributed by atoms with Crippen LogP contribution in [0.15, 0.2) is 48.5 Å². The molecule has 0 unspecified atom stereocenters. The number of nitrogens with zero attached hydrogens (tertiary/aromatic N) is 1. The molecule has 0 aromatic heterocycles. The summed E-state index contributed by atoms with van der Waals surface area (Å²) in [4.78, 5) is 11.6. The van der Waals surface area contributed by atoms with E-state index in [0.717, 1.165) is 11.1 Å². The molecule has 2 rings (SSSR count). The van der Waals surface area contributed by atoms with Gasteiger partial charge in [-0.05, 0) is 17.2 Å². The van der Waals surface area contributed by atoms with Crippen LogP contribution in [-0.2, 0) is 0 Å². The van der Waals surface area contributed by atoms with Gasteiger partial charge in [-0.25, -0.2) is 0 Å². The molecule has 0 fully saturated rings. The lowest BCUT2D eigenvalue weighted by atomic mass is 9.96. The lowest BCUT2D eigenvalue weighted by molar-refractivity contribution is 0.0988. The van der Waals surface area contributed by atoms with Crippen LogP contribution in [-0.4, -0.2) is 5.78 Å². The molecule has 0 atom stereocenters. The summed E-state index contributed by atoms with van der Waals surface area (Å²) in [6.07, 6.45) is 0.454. The minimum absolute atomic E-state index is 0.0612. The third-order valence-electron chi connectivity index (χ3n) is 2.87. The monoisotopic (exact) mass is 235 g/mol. The first-order chi connectivity index (χ1) is 8.76. The Morgan fingerprint density at radius 1 is 1.17 bits per heavy atom. The number of carbonyl (C=O) groups excluding carboxylic acids is 1. The molecule has 88 valence electrons. The SMILES string of the molecule is CCC(=O)c1ccc(-c2ccccc2)c(C#N)c1. The molecule has 0 N–H and O–H groups in total. The molecule has 2 heteroatoms. The lowest BCUT2D eigenvalue weighted by Crippen LogP contribution is -1.97. The molecular formula is C16H13NO. The first-order valence-corrected chi connectivity index (χ1v) is 5.89. The van der Waals surface area contributed by atoms with E-state index in [-0.39, 0.29) is 5.78 Å². The zero-order chi connectivity index (χ0) is 13.0. The normalized spacial score (nSPS) is 9.78. The predicted octanol–water partition coefficient (Wildman–Crippen LogP) is 3.82. The average Bonchev–Trinajstić information content (AvgIpc) is 2.46. The van der Waals surface area contributed by atoms with Crippen molar-refractivity contribution in [2.45, 2.75) is 13.3 Å². The molecule has 0 aliphatic rings. The Balaban J connectivity index is 2.52. The summed E-state index contributed by atoms with van der Waals surface area (Å²) >= 11 is 0. The topological polar surface area (TPSA) is 40.9 Å². The molecule has 0 heterocycles. The van der Waals surface area contributed by atoms with Gasteiger partial charge in [0.15, 0.2) is 5.78 Å². The maximum absolute atomic E-state index is 11.6. The van der Waals surface area contributed by atoms with Crippen LogP contribution in [0.2, 0.25) is 0 Å². The maximum Gasteiger partial charge on any atom is 0.162 e. The van der Waals surface area contributed by atoms with Crippen molar-refractivity contribution >= 4 is 5.78 Å². The summed E-state index contributed by atoms with van der Waals surface area (Å²) in [5.41, 5.74) is 3.00. The van der Waals surface area contributed by atoms with Gasteiger partial charge in [-0.3, -0.25) is 4.79 Å². The lowest BCUT2D eigenvalue weighted by Gasteiger charge is -2.06. The summed E-state index contributed by atoms with van der Waals surface area (Å²) in [5, 5.41) is 9.20. The van der Waals surface area contributed by atoms with Crippen molar-refractivity contribution in [3.05, 3.63) is 59.7 Å². The molecule has 0 radical (unpaired) electrons. The van der Waals surface area contributed by atoms with Gasteiger partial charge in [-0.15, -0.1) is 0 Å². The minimum Gasteiger partial charge on any atom is -0.294 e. The quantitative estimate of drug-likeness (QED) is 0.759. The van der Waals surface area contributed by atoms with E-state index in [1.165, 1.54) is 0 Å². The number of benzene rings is 2. The minimum atomic E-state index is 0.0612. The van der Waals surface area contributed by atoms with Gasteiger partial charge in [-0.2, -0.15) is 5.26 Å². The van der Waals surface area contributed by atoms with E-state index in [0.29, 0.717) is 17.5 Å². The number of Topliss-reactive ketones (excluding diaryl/α,β-unsaturated/α-hetero) is 1. The van der Waals surface area contributed by atoms with E-state index in [4.69, 9.17) is 0 Å². The van der Waals surface area contributed by atoms with Gasteiger partial charge in [0.2, 0.25) is 0 Å². The van der Waals surface area contributed by atoms with Crippen LogP contribution in [0, 0.1) is 11.3 Å². The molecule has 0 saturated carbocycles. The number of ketones is 1. The summed E-state index contributed by atoms with van der Waals surface area (Å²) in [5.74, 6) is 0.0612. The van der Waals surface area contributed by atoms with E-state index in [1.807, 2.05) is 43.3 Å². The largest absolute Gasteiger partial charge is 0.294 e. The summed E-state index contributed by atoms with van der Waals surface area (Å²) in [6, 6.07) is 17.2. The Labute approximate surface area is 107 Å². The van der Waals surface area contributed by atoms with Crippen molar-refractivity contribution in [2.24, 2.45) is 0 Å². The Morgan fingerprint density at radius 2 is 1.89 bits per heavy atom. The Morgan fingerprint density at radius 3 is 2.50 bits per heavy atom. The molecule has 0 aliphatic carbocycles. The van der Waals surface area contributed by atoms with Crippen LogP contribution in [0.4, 0.5) is 0 Å². The fourth-order valence-corrected chi connectivity index (χ4v) is 1.88. The molecule has 0 spiro atoms. The van der Waals surface area contributed by atoms with Gasteiger partial charge in [0.1, 0.15) is 0 Å². The van der Waals surface area contributed by atoms with Crippen LogP contribution in [0.3, 0.4) is 0 Å². The first-order valence-electron chi connectivity index (χ1n) is 5.89. The molecule has 2 aromatic rings. The van der Waals surface area contributed by atoms with Crippen molar-refractivity contribution < 1.29 is 4.79 Å². The van der Waals surface area contributed by atoms with Crippen molar-refractivity contribution in [3.63, 3.8) is 0 Å². The fourth-order valence-electron chi connectivity index (χ4n) is 1.88. The van der Waals surface area contributed by atoms with E-state index in [9.17, 15) is 10.1 Å². The number of nitriles is 1. The standard InChI is InChI=1S/C16H13NO/c1-2-16(18)13-8-9-15(14(10-13)11-17)12-6-4-3-5-7-12/h3-10H,2H2,1H3. The van der Waals surface area contributed by atoms with Gasteiger partial charge < -0.3 is 0 Å². The molecule has 0 saturated heterocycles. The predicted molar refractivity (Wildman–Crippen MR) is 71.2 cm³/mol. The van der Waals surface area contributed by atoms with Gasteiger partial charge >= 0.3 is 0 Å². The van der Waals surface area contributed by atoms with Crippen molar-refractivity contribution in [2.75, 3.05) is 0 Å². The first kappa shape index (κ1) is 12.1. The Bertz CT molecular complexity index is 609. The molecule has 2 aromatic carbocycles. The number of hydrogen-bond acceptors (Lipinski definition) is 2. The zero-order valence-corrected chi connectivity index (χ0v) is 10.2. The molecule has 0 amide bonds. The van der Waals surface area contributed by atoms with Crippen molar-refractivity contribution in [1.29, 1.82) is 5.26 Å². The van der Waals surface area contributed by atoms with Crippen LogP contribution in [0.5, 0.6) is 0 Å². The summed E-state index contributed by atoms with van der Waals surface area (Å²) in [7, 11) is 0. The second-order valence-electron chi connectivity index (χ2n) is 4.01. The highest BCUT2D eigenvalue weighted by Gasteiger charge is 2.09. The van der Waals surface area contributed by atoms with E-state index >= 15 is 0 Å². The average molecular weight is 235 g/mol. The van der Waals surface area contributed by atoms with Crippen molar-refractivity contribution in [1.82, 2.24) is 0 Å². The Hall–Kier alpha value is -2.40. The molecular weight excluding hydrogens is 222 g/mol. The summed E-state index contributed by atoms with van der Waals surface area (Å²) in [6.45, 7) is 1.82. The highest BCUT2D eigenvalue weighted by molar-refractivity contribution is 5.97. The molecule has 2 nitrogen and oxygen atoms in total. The Kier molecular flexibility index (Phi) is 3.54. The smallest absolute Gasteiger partial charge is 0.162 e. The van der Waals surface area contributed by atoms with Crippen molar-refractivity contribution in [3.8, 4) is 17.2 Å². The van der Waals surface area contributed by atoms with E-state index in [1.54, 1.807) is 12.1 Å². The zero-order valence-electron chi connectivity index (χ0n) is 10.2. The highest BCUT2D eigenvalue weighted by Crippen LogP contribution is 2.24. The number of hydrogen-bond donors (Lipinski definition) is 0. The number of carbonyl (C=O) groups is 1. The van der Waals surface area contributed by atoms with Crippen LogP contribution in [0.25, 0.3) is 11.1 Å². The second kappa shape index (κ2) is 5.29. The van der Waals surface area contributed by atoms with Crippen LogP contribution >= 0.6 is 0 Å². The molecule has 18 heavy (non-hydrogen) atoms. The fraction of sp³-hybridized carbons (Fsp3) is 0.125. The molecule has 0 bridgehead atoms. The van der Waals surface area contributed by atoms with E-state index in [2.05, 4.69) is 6.07 Å². The second-order valence-corrected chi connectivity index (χ2v) is 4.01. The van der Waals surface area contributed by atoms with Gasteiger partial charge in [0, 0.05) is 12.0 Å². The van der Waals surface area contributed by atoms with Gasteiger partial charge in [0.25, 0.3) is 0 Å². The van der Waals surface area contributed by atoms with Gasteiger partial charge in [-0.1, -0.05) is 49.4 Å². The van der Waals surface area contributed by atoms with E-state index < -0.39 is 0 Å². The number of rotatable bonds is 3. The van der Waals surface area contributed by atoms with Gasteiger partial charge in [0.05, 0.1) is 11.6 Å². The maximum atomic E-state index is 11.6. The highest BCUT2D eigenvalue weighted by atomic mass is 16.1. The van der Waals surface area contributed by atoms with Crippen LogP contribution in [0.1, 0.15) is 29.3 Å².